The molecule has 0 saturated heterocycles. The fourth-order valence-corrected chi connectivity index (χ4v) is 4.68. The Morgan fingerprint density at radius 3 is 2.65 bits per heavy atom. The average molecular weight is 441 g/mol. The number of carbonyl (C=O) groups is 1. The summed E-state index contributed by atoms with van der Waals surface area (Å²) < 4.78 is 25.3. The van der Waals surface area contributed by atoms with Crippen LogP contribution in [0.2, 0.25) is 0 Å². The Hall–Kier alpha value is -2.90. The summed E-state index contributed by atoms with van der Waals surface area (Å²) in [5.74, 6) is 1.00. The third-order valence-corrected chi connectivity index (χ3v) is 6.51. The van der Waals surface area contributed by atoms with E-state index in [0.29, 0.717) is 35.0 Å². The summed E-state index contributed by atoms with van der Waals surface area (Å²) in [4.78, 5) is 15.5. The fourth-order valence-electron chi connectivity index (χ4n) is 4.04. The van der Waals surface area contributed by atoms with Gasteiger partial charge in [0.15, 0.2) is 11.5 Å². The largest absolute Gasteiger partial charge is 0.493 e. The average Bonchev–Trinajstić information content (AvgIpc) is 3.33. The van der Waals surface area contributed by atoms with Crippen molar-refractivity contribution in [2.45, 2.75) is 19.0 Å². The second-order valence-electron chi connectivity index (χ2n) is 7.42. The summed E-state index contributed by atoms with van der Waals surface area (Å²) in [6.45, 7) is 1.62. The van der Waals surface area contributed by atoms with Gasteiger partial charge in [0.25, 0.3) is 5.91 Å². The maximum absolute atomic E-state index is 14.4. The van der Waals surface area contributed by atoms with Gasteiger partial charge in [-0.05, 0) is 47.2 Å². The van der Waals surface area contributed by atoms with E-state index in [4.69, 9.17) is 9.47 Å². The first kappa shape index (κ1) is 21.3. The predicted octanol–water partition coefficient (Wildman–Crippen LogP) is 4.43. The van der Waals surface area contributed by atoms with Gasteiger partial charge < -0.3 is 14.8 Å². The molecule has 2 aromatic carbocycles. The van der Waals surface area contributed by atoms with Gasteiger partial charge in [-0.3, -0.25) is 9.69 Å². The van der Waals surface area contributed by atoms with Crippen LogP contribution in [0.5, 0.6) is 11.5 Å². The van der Waals surface area contributed by atoms with Crippen molar-refractivity contribution in [1.82, 2.24) is 10.2 Å². The minimum absolute atomic E-state index is 0.103. The Morgan fingerprint density at radius 1 is 1.16 bits per heavy atom. The van der Waals surface area contributed by atoms with Crippen molar-refractivity contribution in [2.75, 3.05) is 27.3 Å². The number of amides is 1. The monoisotopic (exact) mass is 440 g/mol. The lowest BCUT2D eigenvalue weighted by molar-refractivity contribution is 0.0929. The number of halogens is 1. The van der Waals surface area contributed by atoms with Crippen LogP contribution in [0, 0.1) is 5.82 Å². The number of hydrogen-bond acceptors (Lipinski definition) is 5. The molecule has 1 aromatic heterocycles. The first-order valence-corrected chi connectivity index (χ1v) is 11.0. The van der Waals surface area contributed by atoms with E-state index in [0.717, 1.165) is 24.1 Å². The van der Waals surface area contributed by atoms with Crippen LogP contribution < -0.4 is 14.8 Å². The van der Waals surface area contributed by atoms with Crippen LogP contribution in [0.3, 0.4) is 0 Å². The lowest BCUT2D eigenvalue weighted by Crippen LogP contribution is -2.41. The van der Waals surface area contributed by atoms with Crippen molar-refractivity contribution in [3.63, 3.8) is 0 Å². The molecule has 0 saturated carbocycles. The molecule has 0 spiro atoms. The van der Waals surface area contributed by atoms with E-state index in [9.17, 15) is 9.18 Å². The number of thiophene rings is 1. The zero-order valence-electron chi connectivity index (χ0n) is 17.6. The van der Waals surface area contributed by atoms with Gasteiger partial charge in [0.1, 0.15) is 5.82 Å². The Morgan fingerprint density at radius 2 is 1.94 bits per heavy atom. The number of methoxy groups -OCH3 is 2. The Bertz CT molecular complexity index is 1050. The fraction of sp³-hybridized carbons (Fsp3) is 0.292. The molecule has 1 amide bonds. The molecule has 31 heavy (non-hydrogen) atoms. The number of nitrogens with one attached hydrogen (secondary N) is 1. The molecule has 0 unspecified atom stereocenters. The summed E-state index contributed by atoms with van der Waals surface area (Å²) in [7, 11) is 3.23. The van der Waals surface area contributed by atoms with E-state index in [1.165, 1.54) is 17.4 Å². The highest BCUT2D eigenvalue weighted by Crippen LogP contribution is 2.38. The van der Waals surface area contributed by atoms with Crippen LogP contribution in [0.15, 0.2) is 53.9 Å². The van der Waals surface area contributed by atoms with Crippen molar-refractivity contribution in [3.05, 3.63) is 81.3 Å². The van der Waals surface area contributed by atoms with E-state index in [1.807, 2.05) is 29.6 Å². The Kier molecular flexibility index (Phi) is 6.53. The maximum Gasteiger partial charge on any atom is 0.261 e. The summed E-state index contributed by atoms with van der Waals surface area (Å²) in [6.07, 6.45) is 0.805. The van der Waals surface area contributed by atoms with Gasteiger partial charge >= 0.3 is 0 Å². The summed E-state index contributed by atoms with van der Waals surface area (Å²) >= 11 is 1.41. The highest BCUT2D eigenvalue weighted by molar-refractivity contribution is 7.12. The normalized spacial score (nSPS) is 15.9. The molecule has 0 fully saturated rings. The van der Waals surface area contributed by atoms with Crippen LogP contribution in [-0.2, 0) is 13.0 Å². The van der Waals surface area contributed by atoms with Crippen molar-refractivity contribution < 1.29 is 18.7 Å². The minimum Gasteiger partial charge on any atom is -0.493 e. The molecule has 1 aliphatic heterocycles. The number of carbonyl (C=O) groups excluding carboxylic acids is 1. The number of nitrogens with zero attached hydrogens (tertiary/aromatic N) is 1. The van der Waals surface area contributed by atoms with E-state index >= 15 is 0 Å². The smallest absolute Gasteiger partial charge is 0.261 e. The lowest BCUT2D eigenvalue weighted by Gasteiger charge is -2.38. The SMILES string of the molecule is COc1cc2c(cc1OC)[C@H](CNC(=O)c1cccs1)N(Cc1ccccc1F)CC2. The summed E-state index contributed by atoms with van der Waals surface area (Å²) in [5, 5.41) is 4.94. The molecule has 7 heteroatoms. The summed E-state index contributed by atoms with van der Waals surface area (Å²) in [6, 6.07) is 14.4. The minimum atomic E-state index is -0.220. The van der Waals surface area contributed by atoms with Crippen molar-refractivity contribution >= 4 is 17.2 Å². The van der Waals surface area contributed by atoms with E-state index in [-0.39, 0.29) is 17.8 Å². The molecular formula is C24H25FN2O3S. The van der Waals surface area contributed by atoms with Crippen LogP contribution in [0.4, 0.5) is 4.39 Å². The molecule has 0 bridgehead atoms. The van der Waals surface area contributed by atoms with Crippen molar-refractivity contribution in [2.24, 2.45) is 0 Å². The first-order chi connectivity index (χ1) is 15.1. The van der Waals surface area contributed by atoms with Gasteiger partial charge in [-0.1, -0.05) is 24.3 Å². The van der Waals surface area contributed by atoms with Gasteiger partial charge in [-0.25, -0.2) is 4.39 Å². The van der Waals surface area contributed by atoms with Crippen LogP contribution in [0.25, 0.3) is 0 Å². The van der Waals surface area contributed by atoms with Gasteiger partial charge in [-0.15, -0.1) is 11.3 Å². The maximum atomic E-state index is 14.4. The molecule has 5 nitrogen and oxygen atoms in total. The molecule has 1 atom stereocenters. The zero-order valence-corrected chi connectivity index (χ0v) is 18.4. The lowest BCUT2D eigenvalue weighted by atomic mass is 9.91. The molecule has 1 N–H and O–H groups in total. The highest BCUT2D eigenvalue weighted by Gasteiger charge is 2.30. The second kappa shape index (κ2) is 9.49. The van der Waals surface area contributed by atoms with E-state index < -0.39 is 0 Å². The van der Waals surface area contributed by atoms with Crippen LogP contribution in [0.1, 0.15) is 32.4 Å². The second-order valence-corrected chi connectivity index (χ2v) is 8.37. The molecule has 0 radical (unpaired) electrons. The number of ether oxygens (including phenoxy) is 2. The highest BCUT2D eigenvalue weighted by atomic mass is 32.1. The number of rotatable bonds is 7. The zero-order chi connectivity index (χ0) is 21.8. The van der Waals surface area contributed by atoms with Crippen molar-refractivity contribution in [1.29, 1.82) is 0 Å². The summed E-state index contributed by atoms with van der Waals surface area (Å²) in [5.41, 5.74) is 2.85. The van der Waals surface area contributed by atoms with Crippen molar-refractivity contribution in [3.8, 4) is 11.5 Å². The third-order valence-electron chi connectivity index (χ3n) is 5.65. The Balaban J connectivity index is 1.65. The van der Waals surface area contributed by atoms with Gasteiger partial charge in [0, 0.05) is 25.2 Å². The van der Waals surface area contributed by atoms with Gasteiger partial charge in [0.05, 0.1) is 25.1 Å². The van der Waals surface area contributed by atoms with E-state index in [1.54, 1.807) is 32.4 Å². The molecule has 4 rings (SSSR count). The quantitative estimate of drug-likeness (QED) is 0.590. The standard InChI is InChI=1S/C24H25FN2O3S/c1-29-21-12-16-9-10-27(15-17-6-3-4-7-19(17)25)20(18(16)13-22(21)30-2)14-26-24(28)23-8-5-11-31-23/h3-8,11-13,20H,9-10,14-15H2,1-2H3,(H,26,28)/t20-/m0/s1. The first-order valence-electron chi connectivity index (χ1n) is 10.1. The predicted molar refractivity (Wildman–Crippen MR) is 119 cm³/mol. The molecule has 2 heterocycles. The number of fused-ring (bicyclic) bond motifs is 1. The Labute approximate surface area is 185 Å². The molecule has 3 aromatic rings. The van der Waals surface area contributed by atoms with Gasteiger partial charge in [-0.2, -0.15) is 0 Å². The number of benzene rings is 2. The van der Waals surface area contributed by atoms with Gasteiger partial charge in [0.2, 0.25) is 0 Å². The van der Waals surface area contributed by atoms with Crippen LogP contribution in [-0.4, -0.2) is 38.1 Å². The molecule has 162 valence electrons. The van der Waals surface area contributed by atoms with Crippen LogP contribution >= 0.6 is 11.3 Å². The molecule has 0 aliphatic carbocycles. The molecule has 1 aliphatic rings. The topological polar surface area (TPSA) is 50.8 Å². The third kappa shape index (κ3) is 4.57. The number of hydrogen-bond donors (Lipinski definition) is 1. The van der Waals surface area contributed by atoms with E-state index in [2.05, 4.69) is 10.2 Å². The molecular weight excluding hydrogens is 415 g/mol.